The summed E-state index contributed by atoms with van der Waals surface area (Å²) in [5, 5.41) is 16.1. The molecule has 6 nitrogen and oxygen atoms in total. The number of nitrogens with one attached hydrogen (secondary N) is 1. The van der Waals surface area contributed by atoms with Gasteiger partial charge in [-0.3, -0.25) is 0 Å². The first kappa shape index (κ1) is 8.63. The summed E-state index contributed by atoms with van der Waals surface area (Å²) in [5.74, 6) is 0.240. The molecule has 66 valence electrons. The number of aryl methyl sites for hydroxylation is 1. The van der Waals surface area contributed by atoms with E-state index in [1.165, 1.54) is 0 Å². The molecule has 12 heavy (non-hydrogen) atoms. The molecule has 1 N–H and O–H groups in total. The lowest BCUT2D eigenvalue weighted by Gasteiger charge is -1.85. The van der Waals surface area contributed by atoms with Gasteiger partial charge in [-0.25, -0.2) is 0 Å². The smallest absolute Gasteiger partial charge is 0.390 e. The fourth-order valence-corrected chi connectivity index (χ4v) is 0.815. The number of H-pyrrole nitrogens is 1. The number of nitro groups is 1. The van der Waals surface area contributed by atoms with Crippen LogP contribution < -0.4 is 0 Å². The standard InChI is InChI=1S/C6H10N4O2/c1-2-3-4-5-7-6(9-8-5)10(11)12/h2-4H2,1H3,(H,7,8,9). The summed E-state index contributed by atoms with van der Waals surface area (Å²) in [6.07, 6.45) is 2.68. The van der Waals surface area contributed by atoms with E-state index in [0.717, 1.165) is 12.8 Å². The van der Waals surface area contributed by atoms with E-state index in [0.29, 0.717) is 12.2 Å². The molecule has 1 heterocycles. The molecule has 0 saturated carbocycles. The van der Waals surface area contributed by atoms with Crippen LogP contribution >= 0.6 is 0 Å². The van der Waals surface area contributed by atoms with Crippen LogP contribution in [0, 0.1) is 10.1 Å². The number of hydrogen-bond donors (Lipinski definition) is 1. The SMILES string of the molecule is CCCCc1n[nH]c([N+](=O)[O-])n1. The van der Waals surface area contributed by atoms with Gasteiger partial charge in [0.25, 0.3) is 0 Å². The van der Waals surface area contributed by atoms with Crippen molar-refractivity contribution in [3.8, 4) is 0 Å². The van der Waals surface area contributed by atoms with Gasteiger partial charge in [-0.2, -0.15) is 0 Å². The topological polar surface area (TPSA) is 84.7 Å². The van der Waals surface area contributed by atoms with Gasteiger partial charge in [0.05, 0.1) is 0 Å². The van der Waals surface area contributed by atoms with Crippen molar-refractivity contribution in [3.63, 3.8) is 0 Å². The Hall–Kier alpha value is -1.46. The predicted octanol–water partition coefficient (Wildman–Crippen LogP) is 1.06. The van der Waals surface area contributed by atoms with Crippen LogP contribution in [0.3, 0.4) is 0 Å². The van der Waals surface area contributed by atoms with Crippen molar-refractivity contribution < 1.29 is 4.92 Å². The molecule has 1 rings (SSSR count). The fraction of sp³-hybridized carbons (Fsp3) is 0.667. The van der Waals surface area contributed by atoms with E-state index in [4.69, 9.17) is 0 Å². The van der Waals surface area contributed by atoms with E-state index in [-0.39, 0.29) is 5.95 Å². The minimum Gasteiger partial charge on any atom is -0.390 e. The first-order valence-electron chi connectivity index (χ1n) is 3.79. The van der Waals surface area contributed by atoms with Crippen LogP contribution in [0.2, 0.25) is 0 Å². The predicted molar refractivity (Wildman–Crippen MR) is 41.6 cm³/mol. The van der Waals surface area contributed by atoms with Gasteiger partial charge < -0.3 is 10.1 Å². The maximum atomic E-state index is 10.2. The molecule has 0 fully saturated rings. The van der Waals surface area contributed by atoms with Crippen LogP contribution in [0.25, 0.3) is 0 Å². The molecule has 0 bridgehead atoms. The van der Waals surface area contributed by atoms with Crippen molar-refractivity contribution in [3.05, 3.63) is 15.9 Å². The van der Waals surface area contributed by atoms with Crippen LogP contribution in [0.15, 0.2) is 0 Å². The summed E-state index contributed by atoms with van der Waals surface area (Å²) in [7, 11) is 0. The average Bonchev–Trinajstić information content (AvgIpc) is 2.48. The number of hydrogen-bond acceptors (Lipinski definition) is 4. The minimum absolute atomic E-state index is 0.277. The summed E-state index contributed by atoms with van der Waals surface area (Å²) in [5.41, 5.74) is 0. The lowest BCUT2D eigenvalue weighted by molar-refractivity contribution is -0.394. The third kappa shape index (κ3) is 2.01. The molecule has 0 aliphatic heterocycles. The minimum atomic E-state index is -0.581. The van der Waals surface area contributed by atoms with Crippen molar-refractivity contribution in [2.45, 2.75) is 26.2 Å². The highest BCUT2D eigenvalue weighted by atomic mass is 16.6. The van der Waals surface area contributed by atoms with Gasteiger partial charge >= 0.3 is 5.95 Å². The quantitative estimate of drug-likeness (QED) is 0.540. The zero-order valence-corrected chi connectivity index (χ0v) is 6.78. The Bertz CT molecular complexity index is 270. The van der Waals surface area contributed by atoms with E-state index < -0.39 is 4.92 Å². The van der Waals surface area contributed by atoms with Gasteiger partial charge in [-0.1, -0.05) is 18.4 Å². The Balaban J connectivity index is 2.58. The lowest BCUT2D eigenvalue weighted by Crippen LogP contribution is -1.90. The summed E-state index contributed by atoms with van der Waals surface area (Å²) in [4.78, 5) is 13.3. The van der Waals surface area contributed by atoms with Crippen molar-refractivity contribution in [2.75, 3.05) is 0 Å². The van der Waals surface area contributed by atoms with Crippen LogP contribution in [0.5, 0.6) is 0 Å². The normalized spacial score (nSPS) is 10.1. The zero-order valence-electron chi connectivity index (χ0n) is 6.78. The Morgan fingerprint density at radius 1 is 1.67 bits per heavy atom. The highest BCUT2D eigenvalue weighted by molar-refractivity contribution is 5.02. The molecule has 0 aliphatic rings. The summed E-state index contributed by atoms with van der Waals surface area (Å²) < 4.78 is 0. The fourth-order valence-electron chi connectivity index (χ4n) is 0.815. The summed E-state index contributed by atoms with van der Waals surface area (Å²) in [6.45, 7) is 2.04. The third-order valence-corrected chi connectivity index (χ3v) is 1.45. The molecule has 0 unspecified atom stereocenters. The van der Waals surface area contributed by atoms with Crippen molar-refractivity contribution in [1.29, 1.82) is 0 Å². The van der Waals surface area contributed by atoms with Crippen molar-refractivity contribution in [1.82, 2.24) is 15.2 Å². The molecule has 0 spiro atoms. The maximum Gasteiger partial charge on any atom is 0.453 e. The highest BCUT2D eigenvalue weighted by Gasteiger charge is 2.12. The van der Waals surface area contributed by atoms with Crippen LogP contribution in [0.1, 0.15) is 25.6 Å². The Morgan fingerprint density at radius 3 is 2.92 bits per heavy atom. The second-order valence-corrected chi connectivity index (χ2v) is 2.44. The van der Waals surface area contributed by atoms with Crippen molar-refractivity contribution >= 4 is 5.95 Å². The lowest BCUT2D eigenvalue weighted by atomic mass is 10.2. The van der Waals surface area contributed by atoms with E-state index in [9.17, 15) is 10.1 Å². The number of aromatic amines is 1. The first-order chi connectivity index (χ1) is 5.74. The molecular formula is C6H10N4O2. The molecule has 0 saturated heterocycles. The second-order valence-electron chi connectivity index (χ2n) is 2.44. The van der Waals surface area contributed by atoms with Gasteiger partial charge in [0, 0.05) is 6.42 Å². The number of rotatable bonds is 4. The molecule has 6 heteroatoms. The summed E-state index contributed by atoms with van der Waals surface area (Å²) in [6, 6.07) is 0. The van der Waals surface area contributed by atoms with Gasteiger partial charge in [-0.05, 0) is 16.3 Å². The largest absolute Gasteiger partial charge is 0.453 e. The van der Waals surface area contributed by atoms with Gasteiger partial charge in [0.1, 0.15) is 0 Å². The number of unbranched alkanes of at least 4 members (excludes halogenated alkanes) is 1. The van der Waals surface area contributed by atoms with E-state index >= 15 is 0 Å². The Kier molecular flexibility index (Phi) is 2.73. The van der Waals surface area contributed by atoms with Gasteiger partial charge in [-0.15, -0.1) is 5.10 Å². The molecule has 0 atom stereocenters. The van der Waals surface area contributed by atoms with Crippen LogP contribution in [0.4, 0.5) is 5.95 Å². The van der Waals surface area contributed by atoms with Crippen LogP contribution in [-0.4, -0.2) is 20.1 Å². The Morgan fingerprint density at radius 2 is 2.42 bits per heavy atom. The maximum absolute atomic E-state index is 10.2. The van der Waals surface area contributed by atoms with Crippen molar-refractivity contribution in [2.24, 2.45) is 0 Å². The molecule has 1 aromatic rings. The molecular weight excluding hydrogens is 160 g/mol. The van der Waals surface area contributed by atoms with E-state index in [1.807, 2.05) is 6.92 Å². The average molecular weight is 170 g/mol. The van der Waals surface area contributed by atoms with E-state index in [2.05, 4.69) is 15.2 Å². The molecule has 1 aromatic heterocycles. The summed E-state index contributed by atoms with van der Waals surface area (Å²) >= 11 is 0. The van der Waals surface area contributed by atoms with Crippen LogP contribution in [-0.2, 0) is 6.42 Å². The highest BCUT2D eigenvalue weighted by Crippen LogP contribution is 2.04. The van der Waals surface area contributed by atoms with Gasteiger partial charge in [0.2, 0.25) is 5.82 Å². The monoisotopic (exact) mass is 170 g/mol. The molecule has 0 aliphatic carbocycles. The van der Waals surface area contributed by atoms with Gasteiger partial charge in [0.15, 0.2) is 0 Å². The molecule has 0 radical (unpaired) electrons. The number of aromatic nitrogens is 3. The second kappa shape index (κ2) is 3.80. The van der Waals surface area contributed by atoms with E-state index in [1.54, 1.807) is 0 Å². The zero-order chi connectivity index (χ0) is 8.97. The Labute approximate surface area is 69.2 Å². The molecule has 0 aromatic carbocycles. The molecule has 0 amide bonds. The number of nitrogens with zero attached hydrogens (tertiary/aromatic N) is 3. The third-order valence-electron chi connectivity index (χ3n) is 1.45. The first-order valence-corrected chi connectivity index (χ1v) is 3.79.